The van der Waals surface area contributed by atoms with E-state index in [9.17, 15) is 0 Å². The number of halogens is 1. The second-order valence-corrected chi connectivity index (χ2v) is 5.29. The highest BCUT2D eigenvalue weighted by Gasteiger charge is 2.18. The lowest BCUT2D eigenvalue weighted by atomic mass is 10.0. The van der Waals surface area contributed by atoms with E-state index in [1.54, 1.807) is 0 Å². The molecule has 0 bridgehead atoms. The van der Waals surface area contributed by atoms with Crippen LogP contribution in [0.3, 0.4) is 0 Å². The Morgan fingerprint density at radius 1 is 1.22 bits per heavy atom. The van der Waals surface area contributed by atoms with Crippen molar-refractivity contribution in [2.24, 2.45) is 0 Å². The molecule has 0 radical (unpaired) electrons. The molecule has 1 unspecified atom stereocenters. The third-order valence-electron chi connectivity index (χ3n) is 3.09. The Labute approximate surface area is 117 Å². The van der Waals surface area contributed by atoms with Gasteiger partial charge in [-0.2, -0.15) is 0 Å². The number of fused-ring (bicyclic) bond motifs is 1. The monoisotopic (exact) mass is 313 g/mol. The van der Waals surface area contributed by atoms with Gasteiger partial charge in [-0.3, -0.25) is 0 Å². The van der Waals surface area contributed by atoms with Crippen LogP contribution in [0.2, 0.25) is 0 Å². The van der Waals surface area contributed by atoms with Crippen molar-refractivity contribution in [3.63, 3.8) is 0 Å². The molecule has 0 fully saturated rings. The minimum Gasteiger partial charge on any atom is -0.486 e. The Bertz CT molecular complexity index is 409. The van der Waals surface area contributed by atoms with Crippen molar-refractivity contribution in [1.82, 2.24) is 5.32 Å². The average Bonchev–Trinajstić information content (AvgIpc) is 2.40. The van der Waals surface area contributed by atoms with E-state index in [0.29, 0.717) is 19.3 Å². The zero-order chi connectivity index (χ0) is 13.0. The van der Waals surface area contributed by atoms with Crippen LogP contribution in [0.15, 0.2) is 16.6 Å². The quantitative estimate of drug-likeness (QED) is 0.899. The highest BCUT2D eigenvalue weighted by Crippen LogP contribution is 2.38. The Morgan fingerprint density at radius 3 is 2.50 bits per heavy atom. The highest BCUT2D eigenvalue weighted by molar-refractivity contribution is 9.10. The summed E-state index contributed by atoms with van der Waals surface area (Å²) < 4.78 is 12.3. The van der Waals surface area contributed by atoms with Crippen LogP contribution < -0.4 is 14.8 Å². The molecule has 4 heteroatoms. The molecule has 3 nitrogen and oxygen atoms in total. The van der Waals surface area contributed by atoms with Gasteiger partial charge in [0.1, 0.15) is 13.2 Å². The number of rotatable bonds is 5. The van der Waals surface area contributed by atoms with Crippen LogP contribution in [0.4, 0.5) is 0 Å². The maximum atomic E-state index is 5.64. The zero-order valence-electron chi connectivity index (χ0n) is 11.0. The number of ether oxygens (including phenoxy) is 2. The summed E-state index contributed by atoms with van der Waals surface area (Å²) in [6, 6.07) is 4.46. The molecule has 1 aromatic carbocycles. The van der Waals surface area contributed by atoms with Crippen molar-refractivity contribution >= 4 is 15.9 Å². The number of benzene rings is 1. The Kier molecular flexibility index (Phi) is 4.89. The van der Waals surface area contributed by atoms with Crippen molar-refractivity contribution in [3.05, 3.63) is 22.2 Å². The third kappa shape index (κ3) is 2.98. The van der Waals surface area contributed by atoms with Crippen LogP contribution >= 0.6 is 15.9 Å². The van der Waals surface area contributed by atoms with Gasteiger partial charge in [0, 0.05) is 10.5 Å². The molecular formula is C14H20BrNO2. The summed E-state index contributed by atoms with van der Waals surface area (Å²) in [5.74, 6) is 1.69. The van der Waals surface area contributed by atoms with Crippen LogP contribution in [0, 0.1) is 0 Å². The van der Waals surface area contributed by atoms with Crippen LogP contribution in [-0.2, 0) is 0 Å². The molecule has 1 aliphatic rings. The molecule has 0 aromatic heterocycles. The van der Waals surface area contributed by atoms with Gasteiger partial charge in [-0.25, -0.2) is 0 Å². The van der Waals surface area contributed by atoms with E-state index in [1.807, 2.05) is 6.07 Å². The second-order valence-electron chi connectivity index (χ2n) is 4.43. The third-order valence-corrected chi connectivity index (χ3v) is 3.77. The number of hydrogen-bond acceptors (Lipinski definition) is 3. The van der Waals surface area contributed by atoms with Gasteiger partial charge in [0.25, 0.3) is 0 Å². The van der Waals surface area contributed by atoms with E-state index in [1.165, 1.54) is 5.56 Å². The summed E-state index contributed by atoms with van der Waals surface area (Å²) in [7, 11) is 0. The molecule has 0 saturated heterocycles. The van der Waals surface area contributed by atoms with Crippen molar-refractivity contribution in [1.29, 1.82) is 0 Å². The fraction of sp³-hybridized carbons (Fsp3) is 0.571. The molecule has 1 aromatic rings. The van der Waals surface area contributed by atoms with E-state index < -0.39 is 0 Å². The molecular weight excluding hydrogens is 294 g/mol. The van der Waals surface area contributed by atoms with Crippen molar-refractivity contribution in [2.75, 3.05) is 19.8 Å². The molecule has 100 valence electrons. The zero-order valence-corrected chi connectivity index (χ0v) is 12.5. The smallest absolute Gasteiger partial charge is 0.162 e. The van der Waals surface area contributed by atoms with E-state index in [0.717, 1.165) is 35.4 Å². The predicted molar refractivity (Wildman–Crippen MR) is 76.5 cm³/mol. The summed E-state index contributed by atoms with van der Waals surface area (Å²) in [6.45, 7) is 6.66. The van der Waals surface area contributed by atoms with Crippen molar-refractivity contribution in [3.8, 4) is 11.5 Å². The highest BCUT2D eigenvalue weighted by atomic mass is 79.9. The van der Waals surface area contributed by atoms with Crippen LogP contribution in [0.1, 0.15) is 38.3 Å². The van der Waals surface area contributed by atoms with Crippen LogP contribution in [0.5, 0.6) is 11.5 Å². The Hall–Kier alpha value is -0.740. The van der Waals surface area contributed by atoms with Gasteiger partial charge >= 0.3 is 0 Å². The molecule has 1 N–H and O–H groups in total. The molecule has 0 spiro atoms. The van der Waals surface area contributed by atoms with E-state index >= 15 is 0 Å². The Morgan fingerprint density at radius 2 is 1.89 bits per heavy atom. The molecule has 2 rings (SSSR count). The summed E-state index contributed by atoms with van der Waals surface area (Å²) in [4.78, 5) is 0. The van der Waals surface area contributed by atoms with Gasteiger partial charge in [-0.1, -0.05) is 29.8 Å². The average molecular weight is 314 g/mol. The summed E-state index contributed by atoms with van der Waals surface area (Å²) in [5, 5.41) is 3.56. The second kappa shape index (κ2) is 6.43. The molecule has 1 aliphatic heterocycles. The number of nitrogens with one attached hydrogen (secondary N) is 1. The lowest BCUT2D eigenvalue weighted by Gasteiger charge is -2.23. The fourth-order valence-corrected chi connectivity index (χ4v) is 2.74. The fourth-order valence-electron chi connectivity index (χ4n) is 2.14. The summed E-state index contributed by atoms with van der Waals surface area (Å²) in [5.41, 5.74) is 1.25. The molecule has 18 heavy (non-hydrogen) atoms. The van der Waals surface area contributed by atoms with Crippen LogP contribution in [0.25, 0.3) is 0 Å². The van der Waals surface area contributed by atoms with Gasteiger partial charge in [0.2, 0.25) is 0 Å². The maximum absolute atomic E-state index is 5.64. The van der Waals surface area contributed by atoms with E-state index in [2.05, 4.69) is 41.2 Å². The van der Waals surface area contributed by atoms with Crippen molar-refractivity contribution in [2.45, 2.75) is 32.7 Å². The minimum absolute atomic E-state index is 0.357. The largest absolute Gasteiger partial charge is 0.486 e. The summed E-state index contributed by atoms with van der Waals surface area (Å²) >= 11 is 3.63. The summed E-state index contributed by atoms with van der Waals surface area (Å²) in [6.07, 6.45) is 2.19. The standard InChI is InChI=1S/C14H20BrNO2/c1-3-5-16-12(4-2)10-8-13-14(9-11(10)15)18-7-6-17-13/h8-9,12,16H,3-7H2,1-2H3. The normalized spacial score (nSPS) is 15.5. The van der Waals surface area contributed by atoms with Gasteiger partial charge in [-0.05, 0) is 37.1 Å². The first-order valence-corrected chi connectivity index (χ1v) is 7.38. The van der Waals surface area contributed by atoms with E-state index in [-0.39, 0.29) is 0 Å². The maximum Gasteiger partial charge on any atom is 0.162 e. The molecule has 0 aliphatic carbocycles. The molecule has 1 heterocycles. The Balaban J connectivity index is 2.25. The van der Waals surface area contributed by atoms with Gasteiger partial charge < -0.3 is 14.8 Å². The first-order chi connectivity index (χ1) is 8.76. The molecule has 1 atom stereocenters. The first kappa shape index (κ1) is 13.7. The van der Waals surface area contributed by atoms with E-state index in [4.69, 9.17) is 9.47 Å². The number of hydrogen-bond donors (Lipinski definition) is 1. The lowest BCUT2D eigenvalue weighted by molar-refractivity contribution is 0.171. The van der Waals surface area contributed by atoms with Gasteiger partial charge in [-0.15, -0.1) is 0 Å². The van der Waals surface area contributed by atoms with Crippen LogP contribution in [-0.4, -0.2) is 19.8 Å². The van der Waals surface area contributed by atoms with Crippen molar-refractivity contribution < 1.29 is 9.47 Å². The topological polar surface area (TPSA) is 30.5 Å². The molecule has 0 amide bonds. The predicted octanol–water partition coefficient (Wildman–Crippen LogP) is 3.67. The lowest BCUT2D eigenvalue weighted by Crippen LogP contribution is -2.22. The first-order valence-electron chi connectivity index (χ1n) is 6.58. The van der Waals surface area contributed by atoms with Gasteiger partial charge in [0.05, 0.1) is 0 Å². The van der Waals surface area contributed by atoms with Gasteiger partial charge in [0.15, 0.2) is 11.5 Å². The molecule has 0 saturated carbocycles. The SMILES string of the molecule is CCCNC(CC)c1cc2c(cc1Br)OCCO2. The minimum atomic E-state index is 0.357.